The molecular weight excluding hydrogens is 364 g/mol. The molecule has 3 rings (SSSR count). The molecule has 1 amide bonds. The Bertz CT molecular complexity index is 802. The van der Waals surface area contributed by atoms with Crippen LogP contribution >= 0.6 is 0 Å². The zero-order chi connectivity index (χ0) is 20.9. The number of ether oxygens (including phenoxy) is 1. The summed E-state index contributed by atoms with van der Waals surface area (Å²) in [6.45, 7) is 7.42. The van der Waals surface area contributed by atoms with Gasteiger partial charge in [0.1, 0.15) is 11.9 Å². The van der Waals surface area contributed by atoms with E-state index >= 15 is 0 Å². The van der Waals surface area contributed by atoms with Crippen LogP contribution in [-0.4, -0.2) is 53.0 Å². The third-order valence-electron chi connectivity index (χ3n) is 5.13. The van der Waals surface area contributed by atoms with Gasteiger partial charge in [-0.1, -0.05) is 60.7 Å². The van der Waals surface area contributed by atoms with Crippen LogP contribution in [0.1, 0.15) is 31.9 Å². The lowest BCUT2D eigenvalue weighted by Gasteiger charge is -2.45. The summed E-state index contributed by atoms with van der Waals surface area (Å²) in [6, 6.07) is 19.4. The van der Waals surface area contributed by atoms with Crippen LogP contribution in [-0.2, 0) is 22.5 Å². The molecule has 1 heterocycles. The highest BCUT2D eigenvalue weighted by Gasteiger charge is 2.40. The highest BCUT2D eigenvalue weighted by molar-refractivity contribution is 5.71. The SMILES string of the molecule is CC(C)(C)OC(=O)N1CCN(Cc2ccccc2)C(C=O)C1Cc1ccccc1. The summed E-state index contributed by atoms with van der Waals surface area (Å²) in [5, 5.41) is 0. The fourth-order valence-corrected chi connectivity index (χ4v) is 3.79. The van der Waals surface area contributed by atoms with Crippen molar-refractivity contribution in [3.8, 4) is 0 Å². The highest BCUT2D eigenvalue weighted by atomic mass is 16.6. The highest BCUT2D eigenvalue weighted by Crippen LogP contribution is 2.24. The van der Waals surface area contributed by atoms with Crippen LogP contribution in [0.2, 0.25) is 0 Å². The molecule has 154 valence electrons. The molecule has 0 aromatic heterocycles. The normalized spacial score (nSPS) is 20.3. The van der Waals surface area contributed by atoms with Gasteiger partial charge in [-0.3, -0.25) is 4.90 Å². The first-order valence-corrected chi connectivity index (χ1v) is 10.1. The van der Waals surface area contributed by atoms with Crippen LogP contribution in [0.5, 0.6) is 0 Å². The van der Waals surface area contributed by atoms with Crippen LogP contribution < -0.4 is 0 Å². The molecule has 2 aromatic rings. The van der Waals surface area contributed by atoms with Crippen LogP contribution in [0.3, 0.4) is 0 Å². The van der Waals surface area contributed by atoms with E-state index in [9.17, 15) is 9.59 Å². The van der Waals surface area contributed by atoms with Crippen LogP contribution in [0.15, 0.2) is 60.7 Å². The van der Waals surface area contributed by atoms with Crippen molar-refractivity contribution in [2.75, 3.05) is 13.1 Å². The minimum atomic E-state index is -0.577. The van der Waals surface area contributed by atoms with Crippen molar-refractivity contribution in [2.45, 2.75) is 51.4 Å². The van der Waals surface area contributed by atoms with Crippen molar-refractivity contribution in [1.82, 2.24) is 9.80 Å². The number of hydrogen-bond donors (Lipinski definition) is 0. The maximum Gasteiger partial charge on any atom is 0.410 e. The van der Waals surface area contributed by atoms with Crippen LogP contribution in [0.25, 0.3) is 0 Å². The van der Waals surface area contributed by atoms with Crippen molar-refractivity contribution >= 4 is 12.4 Å². The first kappa shape index (κ1) is 21.1. The molecular formula is C24H30N2O3. The maximum absolute atomic E-state index is 12.9. The fraction of sp³-hybridized carbons (Fsp3) is 0.417. The molecule has 1 saturated heterocycles. The van der Waals surface area contributed by atoms with Gasteiger partial charge in [0, 0.05) is 19.6 Å². The van der Waals surface area contributed by atoms with E-state index in [-0.39, 0.29) is 12.1 Å². The van der Waals surface area contributed by atoms with Gasteiger partial charge in [-0.15, -0.1) is 0 Å². The quantitative estimate of drug-likeness (QED) is 0.722. The minimum Gasteiger partial charge on any atom is -0.444 e. The van der Waals surface area contributed by atoms with Gasteiger partial charge < -0.3 is 14.4 Å². The fourth-order valence-electron chi connectivity index (χ4n) is 3.79. The van der Waals surface area contributed by atoms with Crippen molar-refractivity contribution in [3.63, 3.8) is 0 Å². The van der Waals surface area contributed by atoms with Gasteiger partial charge in [-0.05, 0) is 38.3 Å². The molecule has 2 aromatic carbocycles. The first-order chi connectivity index (χ1) is 13.9. The van der Waals surface area contributed by atoms with Gasteiger partial charge in [0.15, 0.2) is 0 Å². The zero-order valence-electron chi connectivity index (χ0n) is 17.5. The molecule has 1 aliphatic rings. The smallest absolute Gasteiger partial charge is 0.410 e. The number of nitrogens with zero attached hydrogens (tertiary/aromatic N) is 2. The van der Waals surface area contributed by atoms with Gasteiger partial charge >= 0.3 is 6.09 Å². The zero-order valence-corrected chi connectivity index (χ0v) is 17.5. The van der Waals surface area contributed by atoms with Gasteiger partial charge in [0.2, 0.25) is 0 Å². The van der Waals surface area contributed by atoms with Crippen LogP contribution in [0.4, 0.5) is 4.79 Å². The van der Waals surface area contributed by atoms with E-state index in [1.54, 1.807) is 4.90 Å². The second-order valence-corrected chi connectivity index (χ2v) is 8.51. The number of benzene rings is 2. The second kappa shape index (κ2) is 9.23. The van der Waals surface area contributed by atoms with Gasteiger partial charge in [0.25, 0.3) is 0 Å². The summed E-state index contributed by atoms with van der Waals surface area (Å²) in [5.41, 5.74) is 1.68. The average molecular weight is 395 g/mol. The Morgan fingerprint density at radius 2 is 1.59 bits per heavy atom. The molecule has 1 fully saturated rings. The number of hydrogen-bond acceptors (Lipinski definition) is 4. The van der Waals surface area contributed by atoms with Gasteiger partial charge in [-0.2, -0.15) is 0 Å². The summed E-state index contributed by atoms with van der Waals surface area (Å²) < 4.78 is 5.64. The molecule has 0 radical (unpaired) electrons. The molecule has 2 atom stereocenters. The lowest BCUT2D eigenvalue weighted by Crippen LogP contribution is -2.62. The molecule has 5 nitrogen and oxygen atoms in total. The summed E-state index contributed by atoms with van der Waals surface area (Å²) in [5.74, 6) is 0. The van der Waals surface area contributed by atoms with Crippen molar-refractivity contribution in [3.05, 3.63) is 71.8 Å². The Morgan fingerprint density at radius 1 is 1.00 bits per heavy atom. The van der Waals surface area contributed by atoms with Gasteiger partial charge in [-0.25, -0.2) is 4.79 Å². The Morgan fingerprint density at radius 3 is 2.14 bits per heavy atom. The lowest BCUT2D eigenvalue weighted by molar-refractivity contribution is -0.117. The standard InChI is InChI=1S/C24H30N2O3/c1-24(2,3)29-23(28)26-15-14-25(17-20-12-8-5-9-13-20)22(18-27)21(26)16-19-10-6-4-7-11-19/h4-13,18,21-22H,14-17H2,1-3H3. The number of rotatable bonds is 5. The van der Waals surface area contributed by atoms with E-state index in [4.69, 9.17) is 4.74 Å². The average Bonchev–Trinajstić information content (AvgIpc) is 2.68. The molecule has 0 aliphatic carbocycles. The third-order valence-corrected chi connectivity index (χ3v) is 5.13. The van der Waals surface area contributed by atoms with Crippen molar-refractivity contribution < 1.29 is 14.3 Å². The largest absolute Gasteiger partial charge is 0.444 e. The molecule has 29 heavy (non-hydrogen) atoms. The van der Waals surface area contributed by atoms with E-state index in [2.05, 4.69) is 17.0 Å². The molecule has 0 spiro atoms. The summed E-state index contributed by atoms with van der Waals surface area (Å²) in [6.07, 6.45) is 1.23. The van der Waals surface area contributed by atoms with E-state index in [0.717, 1.165) is 17.4 Å². The number of piperazine rings is 1. The number of carbonyl (C=O) groups is 2. The van der Waals surface area contributed by atoms with Crippen LogP contribution in [0, 0.1) is 0 Å². The topological polar surface area (TPSA) is 49.9 Å². The Hall–Kier alpha value is -2.66. The van der Waals surface area contributed by atoms with Crippen molar-refractivity contribution in [1.29, 1.82) is 0 Å². The Kier molecular flexibility index (Phi) is 6.70. The van der Waals surface area contributed by atoms with Crippen molar-refractivity contribution in [2.24, 2.45) is 0 Å². The number of aldehydes is 1. The van der Waals surface area contributed by atoms with E-state index < -0.39 is 11.6 Å². The number of carbonyl (C=O) groups excluding carboxylic acids is 2. The second-order valence-electron chi connectivity index (χ2n) is 8.51. The summed E-state index contributed by atoms with van der Waals surface area (Å²) in [7, 11) is 0. The van der Waals surface area contributed by atoms with Gasteiger partial charge in [0.05, 0.1) is 12.1 Å². The predicted molar refractivity (Wildman–Crippen MR) is 114 cm³/mol. The monoisotopic (exact) mass is 394 g/mol. The van der Waals surface area contributed by atoms with E-state index in [1.165, 1.54) is 0 Å². The predicted octanol–water partition coefficient (Wildman–Crippen LogP) is 3.92. The molecule has 2 unspecified atom stereocenters. The Balaban J connectivity index is 1.85. The molecule has 1 aliphatic heterocycles. The molecule has 0 bridgehead atoms. The Labute approximate surface area is 173 Å². The number of amides is 1. The third kappa shape index (κ3) is 5.67. The lowest BCUT2D eigenvalue weighted by atomic mass is 9.94. The first-order valence-electron chi connectivity index (χ1n) is 10.1. The summed E-state index contributed by atoms with van der Waals surface area (Å²) >= 11 is 0. The summed E-state index contributed by atoms with van der Waals surface area (Å²) in [4.78, 5) is 29.0. The van der Waals surface area contributed by atoms with E-state index in [0.29, 0.717) is 26.1 Å². The minimum absolute atomic E-state index is 0.276. The molecule has 0 saturated carbocycles. The maximum atomic E-state index is 12.9. The van der Waals surface area contributed by atoms with E-state index in [1.807, 2.05) is 69.3 Å². The molecule has 0 N–H and O–H groups in total. The molecule has 5 heteroatoms.